The number of aromatic amines is 1. The monoisotopic (exact) mass is 228 g/mol. The van der Waals surface area contributed by atoms with Gasteiger partial charge in [0.15, 0.2) is 5.65 Å². The fourth-order valence-electron chi connectivity index (χ4n) is 0.955. The predicted octanol–water partition coefficient (Wildman–Crippen LogP) is 0.489. The lowest BCUT2D eigenvalue weighted by Gasteiger charge is -1.95. The SMILES string of the molecule is Cc1nc2cn[nH]n2c(=O)c1Br. The van der Waals surface area contributed by atoms with E-state index in [0.29, 0.717) is 15.8 Å². The van der Waals surface area contributed by atoms with Crippen LogP contribution >= 0.6 is 15.9 Å². The number of nitrogens with one attached hydrogen (secondary N) is 1. The highest BCUT2D eigenvalue weighted by molar-refractivity contribution is 9.10. The number of halogens is 1. The van der Waals surface area contributed by atoms with Gasteiger partial charge in [-0.1, -0.05) is 0 Å². The Morgan fingerprint density at radius 1 is 1.67 bits per heavy atom. The highest BCUT2D eigenvalue weighted by Gasteiger charge is 2.06. The van der Waals surface area contributed by atoms with Crippen molar-refractivity contribution in [2.24, 2.45) is 0 Å². The van der Waals surface area contributed by atoms with Crippen molar-refractivity contribution in [2.45, 2.75) is 6.92 Å². The molecule has 0 amide bonds. The molecule has 0 fully saturated rings. The first-order chi connectivity index (χ1) is 5.70. The summed E-state index contributed by atoms with van der Waals surface area (Å²) in [5.74, 6) is 0. The third-order valence-corrected chi connectivity index (χ3v) is 2.47. The minimum atomic E-state index is -0.171. The molecule has 0 aromatic carbocycles. The van der Waals surface area contributed by atoms with Gasteiger partial charge in [0, 0.05) is 0 Å². The molecule has 0 unspecified atom stereocenters. The van der Waals surface area contributed by atoms with Crippen molar-refractivity contribution in [3.63, 3.8) is 0 Å². The number of aromatic nitrogens is 4. The van der Waals surface area contributed by atoms with Gasteiger partial charge in [-0.2, -0.15) is 9.61 Å². The lowest BCUT2D eigenvalue weighted by Crippen LogP contribution is -2.17. The summed E-state index contributed by atoms with van der Waals surface area (Å²) in [7, 11) is 0. The van der Waals surface area contributed by atoms with Gasteiger partial charge in [0.2, 0.25) is 0 Å². The van der Waals surface area contributed by atoms with Crippen molar-refractivity contribution >= 4 is 21.6 Å². The van der Waals surface area contributed by atoms with E-state index in [1.165, 1.54) is 10.7 Å². The van der Waals surface area contributed by atoms with Gasteiger partial charge in [0.1, 0.15) is 4.47 Å². The lowest BCUT2D eigenvalue weighted by atomic mass is 10.4. The molecule has 2 rings (SSSR count). The van der Waals surface area contributed by atoms with Crippen molar-refractivity contribution in [1.82, 2.24) is 19.8 Å². The molecule has 1 N–H and O–H groups in total. The second-order valence-electron chi connectivity index (χ2n) is 2.37. The quantitative estimate of drug-likeness (QED) is 0.714. The van der Waals surface area contributed by atoms with Gasteiger partial charge < -0.3 is 0 Å². The van der Waals surface area contributed by atoms with Gasteiger partial charge in [0.25, 0.3) is 5.56 Å². The van der Waals surface area contributed by atoms with Crippen LogP contribution in [0.25, 0.3) is 5.65 Å². The Morgan fingerprint density at radius 2 is 2.42 bits per heavy atom. The maximum Gasteiger partial charge on any atom is 0.288 e. The molecular weight excluding hydrogens is 224 g/mol. The molecule has 0 saturated heterocycles. The van der Waals surface area contributed by atoms with E-state index in [4.69, 9.17) is 0 Å². The summed E-state index contributed by atoms with van der Waals surface area (Å²) in [6.07, 6.45) is 1.50. The summed E-state index contributed by atoms with van der Waals surface area (Å²) in [4.78, 5) is 15.5. The molecule has 2 aromatic heterocycles. The van der Waals surface area contributed by atoms with Gasteiger partial charge in [-0.3, -0.25) is 4.79 Å². The molecule has 2 heterocycles. The Balaban J connectivity index is 3.05. The van der Waals surface area contributed by atoms with Gasteiger partial charge >= 0.3 is 0 Å². The number of fused-ring (bicyclic) bond motifs is 1. The van der Waals surface area contributed by atoms with E-state index >= 15 is 0 Å². The third-order valence-electron chi connectivity index (χ3n) is 1.56. The molecule has 0 aliphatic carbocycles. The largest absolute Gasteiger partial charge is 0.288 e. The number of rotatable bonds is 0. The molecule has 62 valence electrons. The molecule has 0 saturated carbocycles. The van der Waals surface area contributed by atoms with Crippen LogP contribution in [0.5, 0.6) is 0 Å². The molecule has 0 aliphatic rings. The summed E-state index contributed by atoms with van der Waals surface area (Å²) >= 11 is 3.14. The summed E-state index contributed by atoms with van der Waals surface area (Å²) < 4.78 is 1.74. The van der Waals surface area contributed by atoms with Crippen molar-refractivity contribution in [3.05, 3.63) is 26.7 Å². The third kappa shape index (κ3) is 0.878. The van der Waals surface area contributed by atoms with Crippen LogP contribution in [-0.4, -0.2) is 19.8 Å². The van der Waals surface area contributed by atoms with Crippen LogP contribution in [-0.2, 0) is 0 Å². The molecule has 6 heteroatoms. The van der Waals surface area contributed by atoms with E-state index in [9.17, 15) is 4.79 Å². The summed E-state index contributed by atoms with van der Waals surface area (Å²) in [6, 6.07) is 0. The normalized spacial score (nSPS) is 10.8. The van der Waals surface area contributed by atoms with E-state index in [1.54, 1.807) is 6.92 Å². The van der Waals surface area contributed by atoms with Crippen LogP contribution in [0, 0.1) is 6.92 Å². The van der Waals surface area contributed by atoms with Crippen molar-refractivity contribution in [1.29, 1.82) is 0 Å². The summed E-state index contributed by atoms with van der Waals surface area (Å²) in [6.45, 7) is 1.76. The van der Waals surface area contributed by atoms with Crippen LogP contribution in [0.2, 0.25) is 0 Å². The van der Waals surface area contributed by atoms with Crippen LogP contribution in [0.4, 0.5) is 0 Å². The number of hydrogen-bond donors (Lipinski definition) is 1. The molecule has 0 spiro atoms. The van der Waals surface area contributed by atoms with Crippen LogP contribution in [0.15, 0.2) is 15.5 Å². The van der Waals surface area contributed by atoms with E-state index in [2.05, 4.69) is 31.2 Å². The molecule has 2 aromatic rings. The first-order valence-corrected chi connectivity index (χ1v) is 4.07. The number of aryl methyl sites for hydroxylation is 1. The fraction of sp³-hybridized carbons (Fsp3) is 0.167. The maximum absolute atomic E-state index is 11.4. The number of H-pyrrole nitrogens is 1. The van der Waals surface area contributed by atoms with Gasteiger partial charge in [0.05, 0.1) is 11.9 Å². The van der Waals surface area contributed by atoms with Gasteiger partial charge in [-0.25, -0.2) is 10.2 Å². The minimum absolute atomic E-state index is 0.171. The number of nitrogens with zero attached hydrogens (tertiary/aromatic N) is 3. The van der Waals surface area contributed by atoms with Crippen LogP contribution in [0.3, 0.4) is 0 Å². The second kappa shape index (κ2) is 2.41. The highest BCUT2D eigenvalue weighted by Crippen LogP contribution is 2.07. The standard InChI is InChI=1S/C6H5BrN4O/c1-3-5(7)6(12)11-4(9-3)2-8-10-11/h2,10H,1H3. The van der Waals surface area contributed by atoms with Crippen LogP contribution < -0.4 is 5.56 Å². The molecule has 0 atom stereocenters. The molecule has 12 heavy (non-hydrogen) atoms. The molecule has 5 nitrogen and oxygen atoms in total. The molecule has 0 radical (unpaired) electrons. The smallest absolute Gasteiger partial charge is 0.266 e. The average Bonchev–Trinajstić information content (AvgIpc) is 2.48. The second-order valence-corrected chi connectivity index (χ2v) is 3.16. The molecule has 0 bridgehead atoms. The zero-order valence-electron chi connectivity index (χ0n) is 6.21. The first kappa shape index (κ1) is 7.48. The minimum Gasteiger partial charge on any atom is -0.266 e. The van der Waals surface area contributed by atoms with E-state index in [-0.39, 0.29) is 5.56 Å². The summed E-state index contributed by atoms with van der Waals surface area (Å²) in [5, 5.41) is 6.22. The topological polar surface area (TPSA) is 63.1 Å². The zero-order chi connectivity index (χ0) is 8.72. The average molecular weight is 229 g/mol. The Kier molecular flexibility index (Phi) is 1.50. The Bertz CT molecular complexity index is 486. The van der Waals surface area contributed by atoms with Gasteiger partial charge in [-0.15, -0.1) is 0 Å². The number of hydrogen-bond acceptors (Lipinski definition) is 3. The summed E-state index contributed by atoms with van der Waals surface area (Å²) in [5.41, 5.74) is 1.03. The van der Waals surface area contributed by atoms with E-state index < -0.39 is 0 Å². The van der Waals surface area contributed by atoms with Crippen molar-refractivity contribution < 1.29 is 0 Å². The predicted molar refractivity (Wildman–Crippen MR) is 46.0 cm³/mol. The Morgan fingerprint density at radius 3 is 3.17 bits per heavy atom. The first-order valence-electron chi connectivity index (χ1n) is 3.28. The lowest BCUT2D eigenvalue weighted by molar-refractivity contribution is 0.810. The fourth-order valence-corrected chi connectivity index (χ4v) is 1.22. The van der Waals surface area contributed by atoms with Crippen molar-refractivity contribution in [2.75, 3.05) is 0 Å². The Hall–Kier alpha value is -1.17. The molecule has 0 aliphatic heterocycles. The van der Waals surface area contributed by atoms with Crippen LogP contribution in [0.1, 0.15) is 5.69 Å². The highest BCUT2D eigenvalue weighted by atomic mass is 79.9. The Labute approximate surface area is 75.5 Å². The van der Waals surface area contributed by atoms with E-state index in [1.807, 2.05) is 0 Å². The van der Waals surface area contributed by atoms with Crippen molar-refractivity contribution in [3.8, 4) is 0 Å². The molecular formula is C6H5BrN4O. The van der Waals surface area contributed by atoms with Gasteiger partial charge in [-0.05, 0) is 22.9 Å². The maximum atomic E-state index is 11.4. The zero-order valence-corrected chi connectivity index (χ0v) is 7.79. The van der Waals surface area contributed by atoms with E-state index in [0.717, 1.165) is 0 Å².